The standard InChI is InChI=1S/C12H12O4/c1-3-4-8-16-11-9(12(13)14)6-5-7-10(11)15-2/h5-7H,8H2,1-2H3,(H,13,14). The summed E-state index contributed by atoms with van der Waals surface area (Å²) in [5, 5.41) is 8.97. The molecular formula is C12H12O4. The Bertz CT molecular complexity index is 440. The number of hydrogen-bond donors (Lipinski definition) is 1. The van der Waals surface area contributed by atoms with Crippen LogP contribution in [0.15, 0.2) is 18.2 Å². The molecule has 84 valence electrons. The van der Waals surface area contributed by atoms with Crippen molar-refractivity contribution in [2.24, 2.45) is 0 Å². The van der Waals surface area contributed by atoms with Gasteiger partial charge in [0, 0.05) is 0 Å². The predicted molar refractivity (Wildman–Crippen MR) is 58.9 cm³/mol. The molecule has 4 nitrogen and oxygen atoms in total. The summed E-state index contributed by atoms with van der Waals surface area (Å²) >= 11 is 0. The van der Waals surface area contributed by atoms with Gasteiger partial charge in [0.05, 0.1) is 7.11 Å². The molecule has 0 fully saturated rings. The van der Waals surface area contributed by atoms with Crippen LogP contribution in [-0.2, 0) is 0 Å². The maximum Gasteiger partial charge on any atom is 0.339 e. The van der Waals surface area contributed by atoms with Crippen molar-refractivity contribution in [3.63, 3.8) is 0 Å². The number of aromatic carboxylic acids is 1. The fraction of sp³-hybridized carbons (Fsp3) is 0.250. The van der Waals surface area contributed by atoms with E-state index in [4.69, 9.17) is 14.6 Å². The molecule has 0 heterocycles. The van der Waals surface area contributed by atoms with E-state index in [1.807, 2.05) is 0 Å². The highest BCUT2D eigenvalue weighted by atomic mass is 16.5. The summed E-state index contributed by atoms with van der Waals surface area (Å²) < 4.78 is 10.3. The minimum absolute atomic E-state index is 0.0669. The van der Waals surface area contributed by atoms with Gasteiger partial charge in [-0.25, -0.2) is 4.79 Å². The molecule has 0 aliphatic rings. The summed E-state index contributed by atoms with van der Waals surface area (Å²) in [6, 6.07) is 4.70. The molecule has 0 unspecified atom stereocenters. The lowest BCUT2D eigenvalue weighted by molar-refractivity contribution is 0.0692. The number of methoxy groups -OCH3 is 1. The van der Waals surface area contributed by atoms with E-state index in [9.17, 15) is 4.79 Å². The van der Waals surface area contributed by atoms with E-state index in [0.29, 0.717) is 5.75 Å². The van der Waals surface area contributed by atoms with Crippen LogP contribution in [0.2, 0.25) is 0 Å². The highest BCUT2D eigenvalue weighted by Gasteiger charge is 2.15. The average molecular weight is 220 g/mol. The van der Waals surface area contributed by atoms with Crippen LogP contribution in [0.5, 0.6) is 11.5 Å². The summed E-state index contributed by atoms with van der Waals surface area (Å²) in [5.41, 5.74) is 0.0669. The number of carboxylic acids is 1. The zero-order chi connectivity index (χ0) is 12.0. The second-order valence-electron chi connectivity index (χ2n) is 2.86. The lowest BCUT2D eigenvalue weighted by atomic mass is 10.2. The zero-order valence-corrected chi connectivity index (χ0v) is 9.11. The van der Waals surface area contributed by atoms with E-state index < -0.39 is 5.97 Å². The lowest BCUT2D eigenvalue weighted by Gasteiger charge is -2.10. The third-order valence-electron chi connectivity index (χ3n) is 1.89. The molecule has 0 atom stereocenters. The van der Waals surface area contributed by atoms with Crippen LogP contribution in [0.4, 0.5) is 0 Å². The van der Waals surface area contributed by atoms with Crippen molar-refractivity contribution in [2.75, 3.05) is 13.7 Å². The van der Waals surface area contributed by atoms with E-state index in [2.05, 4.69) is 11.8 Å². The van der Waals surface area contributed by atoms with Crippen molar-refractivity contribution in [1.82, 2.24) is 0 Å². The van der Waals surface area contributed by atoms with Gasteiger partial charge in [0.25, 0.3) is 0 Å². The molecule has 0 saturated heterocycles. The van der Waals surface area contributed by atoms with Gasteiger partial charge in [-0.3, -0.25) is 0 Å². The Kier molecular flexibility index (Phi) is 4.22. The van der Waals surface area contributed by atoms with Crippen LogP contribution < -0.4 is 9.47 Å². The molecule has 0 aromatic heterocycles. The summed E-state index contributed by atoms with van der Waals surface area (Å²) in [6.07, 6.45) is 0. The van der Waals surface area contributed by atoms with Crippen molar-refractivity contribution >= 4 is 5.97 Å². The van der Waals surface area contributed by atoms with Gasteiger partial charge in [0.15, 0.2) is 11.5 Å². The molecule has 0 spiro atoms. The summed E-state index contributed by atoms with van der Waals surface area (Å²) in [5.74, 6) is 4.89. The molecule has 1 aromatic carbocycles. The third kappa shape index (κ3) is 2.67. The molecule has 0 aliphatic heterocycles. The van der Waals surface area contributed by atoms with Gasteiger partial charge in [0.1, 0.15) is 12.2 Å². The first-order valence-electron chi connectivity index (χ1n) is 4.63. The average Bonchev–Trinajstić information content (AvgIpc) is 2.29. The highest BCUT2D eigenvalue weighted by Crippen LogP contribution is 2.30. The Morgan fingerprint density at radius 1 is 1.50 bits per heavy atom. The smallest absolute Gasteiger partial charge is 0.339 e. The van der Waals surface area contributed by atoms with Gasteiger partial charge >= 0.3 is 5.97 Å². The van der Waals surface area contributed by atoms with Crippen LogP contribution >= 0.6 is 0 Å². The first-order valence-corrected chi connectivity index (χ1v) is 4.63. The van der Waals surface area contributed by atoms with Crippen LogP contribution in [0.25, 0.3) is 0 Å². The SMILES string of the molecule is CC#CCOc1c(OC)cccc1C(=O)O. The number of rotatable bonds is 4. The topological polar surface area (TPSA) is 55.8 Å². The van der Waals surface area contributed by atoms with E-state index in [-0.39, 0.29) is 17.9 Å². The van der Waals surface area contributed by atoms with E-state index in [1.165, 1.54) is 13.2 Å². The van der Waals surface area contributed by atoms with Crippen molar-refractivity contribution in [1.29, 1.82) is 0 Å². The molecule has 4 heteroatoms. The molecule has 1 rings (SSSR count). The van der Waals surface area contributed by atoms with Crippen molar-refractivity contribution in [2.45, 2.75) is 6.92 Å². The largest absolute Gasteiger partial charge is 0.493 e. The van der Waals surface area contributed by atoms with Gasteiger partial charge in [-0.2, -0.15) is 0 Å². The fourth-order valence-electron chi connectivity index (χ4n) is 1.17. The molecule has 0 aliphatic carbocycles. The lowest BCUT2D eigenvalue weighted by Crippen LogP contribution is -2.05. The second-order valence-corrected chi connectivity index (χ2v) is 2.86. The normalized spacial score (nSPS) is 8.88. The number of hydrogen-bond acceptors (Lipinski definition) is 3. The summed E-state index contributed by atoms with van der Waals surface area (Å²) in [6.45, 7) is 1.82. The van der Waals surface area contributed by atoms with Crippen LogP contribution in [0.1, 0.15) is 17.3 Å². The van der Waals surface area contributed by atoms with Gasteiger partial charge in [-0.15, -0.1) is 5.92 Å². The molecule has 0 radical (unpaired) electrons. The summed E-state index contributed by atoms with van der Waals surface area (Å²) in [4.78, 5) is 11.0. The van der Waals surface area contributed by atoms with E-state index >= 15 is 0 Å². The second kappa shape index (κ2) is 5.66. The van der Waals surface area contributed by atoms with Crippen molar-refractivity contribution < 1.29 is 19.4 Å². The minimum atomic E-state index is -1.06. The van der Waals surface area contributed by atoms with Gasteiger partial charge in [0.2, 0.25) is 0 Å². The Balaban J connectivity index is 3.07. The maximum absolute atomic E-state index is 11.0. The molecular weight excluding hydrogens is 208 g/mol. The number of benzene rings is 1. The van der Waals surface area contributed by atoms with Crippen LogP contribution in [-0.4, -0.2) is 24.8 Å². The third-order valence-corrected chi connectivity index (χ3v) is 1.89. The number of carboxylic acid groups (broad SMARTS) is 1. The van der Waals surface area contributed by atoms with E-state index in [1.54, 1.807) is 19.1 Å². The Labute approximate surface area is 93.8 Å². The maximum atomic E-state index is 11.0. The predicted octanol–water partition coefficient (Wildman–Crippen LogP) is 1.80. The summed E-state index contributed by atoms with van der Waals surface area (Å²) in [7, 11) is 1.46. The molecule has 0 bridgehead atoms. The molecule has 0 saturated carbocycles. The first-order chi connectivity index (χ1) is 7.70. The Hall–Kier alpha value is -2.15. The van der Waals surface area contributed by atoms with Crippen molar-refractivity contribution in [3.8, 4) is 23.3 Å². The van der Waals surface area contributed by atoms with Crippen LogP contribution in [0, 0.1) is 11.8 Å². The molecule has 0 amide bonds. The molecule has 1 N–H and O–H groups in total. The Morgan fingerprint density at radius 3 is 2.81 bits per heavy atom. The monoisotopic (exact) mass is 220 g/mol. The van der Waals surface area contributed by atoms with Gasteiger partial charge in [-0.05, 0) is 19.1 Å². The van der Waals surface area contributed by atoms with Crippen LogP contribution in [0.3, 0.4) is 0 Å². The first kappa shape index (κ1) is 11.9. The van der Waals surface area contributed by atoms with Crippen molar-refractivity contribution in [3.05, 3.63) is 23.8 Å². The zero-order valence-electron chi connectivity index (χ0n) is 9.11. The number of para-hydroxylation sites is 1. The van der Waals surface area contributed by atoms with E-state index in [0.717, 1.165) is 0 Å². The molecule has 16 heavy (non-hydrogen) atoms. The van der Waals surface area contributed by atoms with Gasteiger partial charge < -0.3 is 14.6 Å². The quantitative estimate of drug-likeness (QED) is 0.786. The number of ether oxygens (including phenoxy) is 2. The Morgan fingerprint density at radius 2 is 2.25 bits per heavy atom. The molecule has 1 aromatic rings. The fourth-order valence-corrected chi connectivity index (χ4v) is 1.17. The highest BCUT2D eigenvalue weighted by molar-refractivity contribution is 5.92. The minimum Gasteiger partial charge on any atom is -0.493 e. The number of carbonyl (C=O) groups is 1. The van der Waals surface area contributed by atoms with Gasteiger partial charge in [-0.1, -0.05) is 12.0 Å².